The Balaban J connectivity index is 2.96. The van der Waals surface area contributed by atoms with Crippen LogP contribution in [0.3, 0.4) is 0 Å². The molecular weight excluding hydrogens is 176 g/mol. The van der Waals surface area contributed by atoms with Crippen LogP contribution >= 0.6 is 0 Å². The molecule has 14 heavy (non-hydrogen) atoms. The quantitative estimate of drug-likeness (QED) is 0.529. The number of rotatable bonds is 1. The highest BCUT2D eigenvalue weighted by Gasteiger charge is 2.03. The van der Waals surface area contributed by atoms with E-state index in [0.29, 0.717) is 5.84 Å². The molecule has 0 heterocycles. The molecule has 1 aromatic carbocycles. The van der Waals surface area contributed by atoms with Gasteiger partial charge in [-0.1, -0.05) is 23.8 Å². The smallest absolute Gasteiger partial charge is 0.222 e. The summed E-state index contributed by atoms with van der Waals surface area (Å²) in [5, 5.41) is 2.68. The fourth-order valence-electron chi connectivity index (χ4n) is 1.22. The number of aryl methyl sites for hydroxylation is 1. The van der Waals surface area contributed by atoms with Crippen molar-refractivity contribution in [3.8, 4) is 0 Å². The van der Waals surface area contributed by atoms with E-state index >= 15 is 0 Å². The zero-order valence-corrected chi connectivity index (χ0v) is 8.66. The van der Waals surface area contributed by atoms with Crippen molar-refractivity contribution < 1.29 is 4.79 Å². The predicted molar refractivity (Wildman–Crippen MR) is 57.5 cm³/mol. The van der Waals surface area contributed by atoms with Gasteiger partial charge in [-0.2, -0.15) is 0 Å². The molecule has 0 aromatic heterocycles. The molecule has 0 aliphatic heterocycles. The summed E-state index contributed by atoms with van der Waals surface area (Å²) in [6, 6.07) is 7.85. The molecule has 0 spiro atoms. The Morgan fingerprint density at radius 3 is 2.64 bits per heavy atom. The molecule has 1 amide bonds. The summed E-state index contributed by atoms with van der Waals surface area (Å²) in [5.41, 5.74) is 2.08. The third kappa shape index (κ3) is 2.69. The lowest BCUT2D eigenvalue weighted by Crippen LogP contribution is -2.28. The summed E-state index contributed by atoms with van der Waals surface area (Å²) in [6.07, 6.45) is 0. The van der Waals surface area contributed by atoms with Crippen LogP contribution in [0.1, 0.15) is 18.1 Å². The van der Waals surface area contributed by atoms with E-state index < -0.39 is 0 Å². The minimum Gasteiger partial charge on any atom is -0.311 e. The van der Waals surface area contributed by atoms with Gasteiger partial charge in [-0.3, -0.25) is 9.79 Å². The molecule has 1 N–H and O–H groups in total. The van der Waals surface area contributed by atoms with Crippen LogP contribution in [0, 0.1) is 6.92 Å². The molecule has 0 aliphatic carbocycles. The summed E-state index contributed by atoms with van der Waals surface area (Å²) in [5.74, 6) is 0.508. The molecule has 0 radical (unpaired) electrons. The maximum absolute atomic E-state index is 10.9. The monoisotopic (exact) mass is 190 g/mol. The molecule has 0 unspecified atom stereocenters. The Kier molecular flexibility index (Phi) is 3.40. The molecule has 0 saturated carbocycles. The zero-order chi connectivity index (χ0) is 10.6. The largest absolute Gasteiger partial charge is 0.311 e. The second kappa shape index (κ2) is 4.56. The first kappa shape index (κ1) is 10.4. The lowest BCUT2D eigenvalue weighted by molar-refractivity contribution is -0.117. The third-order valence-corrected chi connectivity index (χ3v) is 1.81. The zero-order valence-electron chi connectivity index (χ0n) is 8.66. The van der Waals surface area contributed by atoms with Crippen molar-refractivity contribution in [1.29, 1.82) is 0 Å². The van der Waals surface area contributed by atoms with Gasteiger partial charge in [0.1, 0.15) is 5.84 Å². The molecule has 0 saturated heterocycles. The van der Waals surface area contributed by atoms with E-state index in [9.17, 15) is 4.79 Å². The number of carbonyl (C=O) groups excluding carboxylic acids is 1. The van der Waals surface area contributed by atoms with Crippen molar-refractivity contribution in [3.63, 3.8) is 0 Å². The van der Waals surface area contributed by atoms with Gasteiger partial charge < -0.3 is 5.32 Å². The molecule has 74 valence electrons. The van der Waals surface area contributed by atoms with Gasteiger partial charge in [-0.15, -0.1) is 0 Å². The van der Waals surface area contributed by atoms with Crippen LogP contribution in [-0.4, -0.2) is 18.8 Å². The average molecular weight is 190 g/mol. The van der Waals surface area contributed by atoms with E-state index in [0.717, 1.165) is 11.1 Å². The summed E-state index contributed by atoms with van der Waals surface area (Å²) in [7, 11) is 1.66. The molecule has 0 atom stereocenters. The molecular formula is C11H14N2O. The Morgan fingerprint density at radius 1 is 1.43 bits per heavy atom. The Morgan fingerprint density at radius 2 is 2.14 bits per heavy atom. The van der Waals surface area contributed by atoms with Crippen molar-refractivity contribution in [1.82, 2.24) is 5.32 Å². The highest BCUT2D eigenvalue weighted by Crippen LogP contribution is 2.04. The number of carbonyl (C=O) groups is 1. The number of amidine groups is 1. The normalized spacial score (nSPS) is 11.2. The average Bonchev–Trinajstić information content (AvgIpc) is 2.14. The molecule has 0 bridgehead atoms. The molecule has 1 aromatic rings. The van der Waals surface area contributed by atoms with E-state index in [2.05, 4.69) is 10.3 Å². The van der Waals surface area contributed by atoms with Gasteiger partial charge in [0.2, 0.25) is 5.91 Å². The van der Waals surface area contributed by atoms with Gasteiger partial charge in [-0.25, -0.2) is 0 Å². The lowest BCUT2D eigenvalue weighted by atomic mass is 10.1. The fourth-order valence-corrected chi connectivity index (χ4v) is 1.22. The lowest BCUT2D eigenvalue weighted by Gasteiger charge is -2.06. The maximum atomic E-state index is 10.9. The van der Waals surface area contributed by atoms with Crippen molar-refractivity contribution in [2.45, 2.75) is 13.8 Å². The Bertz CT molecular complexity index is 369. The fraction of sp³-hybridized carbons (Fsp3) is 0.273. The van der Waals surface area contributed by atoms with Crippen LogP contribution in [0.5, 0.6) is 0 Å². The second-order valence-electron chi connectivity index (χ2n) is 3.12. The molecule has 3 heteroatoms. The Hall–Kier alpha value is -1.64. The Labute approximate surface area is 83.9 Å². The minimum absolute atomic E-state index is 0.105. The van der Waals surface area contributed by atoms with Gasteiger partial charge in [-0.05, 0) is 13.0 Å². The van der Waals surface area contributed by atoms with Gasteiger partial charge in [0.25, 0.3) is 0 Å². The predicted octanol–water partition coefficient (Wildman–Crippen LogP) is 1.51. The first-order valence-corrected chi connectivity index (χ1v) is 4.45. The number of aliphatic imine (C=N–C) groups is 1. The van der Waals surface area contributed by atoms with Crippen LogP contribution in [-0.2, 0) is 4.79 Å². The maximum Gasteiger partial charge on any atom is 0.222 e. The number of hydrogen-bond acceptors (Lipinski definition) is 2. The molecule has 3 nitrogen and oxygen atoms in total. The summed E-state index contributed by atoms with van der Waals surface area (Å²) in [4.78, 5) is 14.9. The first-order chi connectivity index (χ1) is 6.63. The van der Waals surface area contributed by atoms with Gasteiger partial charge in [0.15, 0.2) is 0 Å². The van der Waals surface area contributed by atoms with E-state index in [4.69, 9.17) is 0 Å². The first-order valence-electron chi connectivity index (χ1n) is 4.45. The summed E-state index contributed by atoms with van der Waals surface area (Å²) >= 11 is 0. The number of nitrogens with one attached hydrogen (secondary N) is 1. The van der Waals surface area contributed by atoms with Crippen LogP contribution in [0.2, 0.25) is 0 Å². The highest BCUT2D eigenvalue weighted by atomic mass is 16.1. The number of amides is 1. The van der Waals surface area contributed by atoms with Gasteiger partial charge >= 0.3 is 0 Å². The van der Waals surface area contributed by atoms with Crippen LogP contribution in [0.15, 0.2) is 29.3 Å². The molecule has 0 aliphatic rings. The van der Waals surface area contributed by atoms with E-state index in [1.165, 1.54) is 6.92 Å². The van der Waals surface area contributed by atoms with Gasteiger partial charge in [0, 0.05) is 19.5 Å². The van der Waals surface area contributed by atoms with E-state index in [1.807, 2.05) is 31.2 Å². The van der Waals surface area contributed by atoms with Crippen LogP contribution in [0.4, 0.5) is 0 Å². The van der Waals surface area contributed by atoms with Crippen molar-refractivity contribution >= 4 is 11.7 Å². The van der Waals surface area contributed by atoms with Crippen molar-refractivity contribution in [2.75, 3.05) is 7.05 Å². The van der Waals surface area contributed by atoms with Crippen molar-refractivity contribution in [3.05, 3.63) is 35.4 Å². The molecule has 1 rings (SSSR count). The van der Waals surface area contributed by atoms with E-state index in [-0.39, 0.29) is 5.91 Å². The standard InChI is InChI=1S/C11H14N2O/c1-8-5-4-6-10(7-8)11(12-3)13-9(2)14/h4-7H,1-3H3,(H,12,13,14). The third-order valence-electron chi connectivity index (χ3n) is 1.81. The highest BCUT2D eigenvalue weighted by molar-refractivity contribution is 6.07. The molecule has 0 fully saturated rings. The summed E-state index contributed by atoms with van der Waals surface area (Å²) in [6.45, 7) is 3.48. The van der Waals surface area contributed by atoms with Crippen LogP contribution in [0.25, 0.3) is 0 Å². The topological polar surface area (TPSA) is 41.5 Å². The van der Waals surface area contributed by atoms with Crippen LogP contribution < -0.4 is 5.32 Å². The minimum atomic E-state index is -0.105. The number of benzene rings is 1. The van der Waals surface area contributed by atoms with E-state index in [1.54, 1.807) is 7.05 Å². The number of hydrogen-bond donors (Lipinski definition) is 1. The van der Waals surface area contributed by atoms with Crippen molar-refractivity contribution in [2.24, 2.45) is 4.99 Å². The second-order valence-corrected chi connectivity index (χ2v) is 3.12. The number of nitrogens with zero attached hydrogens (tertiary/aromatic N) is 1. The van der Waals surface area contributed by atoms with Gasteiger partial charge in [0.05, 0.1) is 0 Å². The SMILES string of the molecule is CN=C(NC(C)=O)c1cccc(C)c1. The summed E-state index contributed by atoms with van der Waals surface area (Å²) < 4.78 is 0.